The van der Waals surface area contributed by atoms with Crippen LogP contribution in [-0.2, 0) is 13.2 Å². The summed E-state index contributed by atoms with van der Waals surface area (Å²) in [5.41, 5.74) is 1.99. The quantitative estimate of drug-likeness (QED) is 0.667. The molecule has 0 saturated heterocycles. The summed E-state index contributed by atoms with van der Waals surface area (Å²) in [5.74, 6) is 0.546. The van der Waals surface area contributed by atoms with Crippen LogP contribution in [-0.4, -0.2) is 5.54 Å². The van der Waals surface area contributed by atoms with Crippen molar-refractivity contribution >= 4 is 24.0 Å². The number of nitrogens with one attached hydrogen (secondary N) is 1. The molecule has 0 saturated carbocycles. The van der Waals surface area contributed by atoms with Gasteiger partial charge in [-0.3, -0.25) is 0 Å². The highest BCUT2D eigenvalue weighted by Crippen LogP contribution is 2.25. The Bertz CT molecular complexity index is 644. The molecule has 0 amide bonds. The van der Waals surface area contributed by atoms with E-state index < -0.39 is 0 Å². The van der Waals surface area contributed by atoms with Gasteiger partial charge in [0, 0.05) is 22.7 Å². The van der Waals surface area contributed by atoms with Crippen molar-refractivity contribution in [3.05, 3.63) is 64.4 Å². The average molecular weight is 372 g/mol. The van der Waals surface area contributed by atoms with Gasteiger partial charge in [0.2, 0.25) is 0 Å². The van der Waals surface area contributed by atoms with Crippen molar-refractivity contribution in [3.8, 4) is 5.75 Å². The van der Waals surface area contributed by atoms with Crippen LogP contribution in [0.5, 0.6) is 5.75 Å². The number of benzene rings is 2. The Labute approximate surface area is 154 Å². The van der Waals surface area contributed by atoms with E-state index >= 15 is 0 Å². The Morgan fingerprint density at radius 3 is 2.42 bits per heavy atom. The molecule has 0 heterocycles. The topological polar surface area (TPSA) is 21.3 Å². The molecule has 24 heavy (non-hydrogen) atoms. The van der Waals surface area contributed by atoms with Crippen molar-refractivity contribution in [2.45, 2.75) is 45.9 Å². The number of halogens is 3. The largest absolute Gasteiger partial charge is 0.489 e. The predicted molar refractivity (Wildman–Crippen MR) is 101 cm³/mol. The van der Waals surface area contributed by atoms with E-state index in [2.05, 4.69) is 26.1 Å². The van der Waals surface area contributed by atoms with Gasteiger partial charge >= 0.3 is 0 Å². The van der Waals surface area contributed by atoms with Crippen molar-refractivity contribution in [2.24, 2.45) is 0 Å². The molecule has 0 unspecified atom stereocenters. The van der Waals surface area contributed by atoms with E-state index in [0.29, 0.717) is 18.2 Å². The summed E-state index contributed by atoms with van der Waals surface area (Å²) in [4.78, 5) is 0. The molecule has 0 spiro atoms. The average Bonchev–Trinajstić information content (AvgIpc) is 2.53. The van der Waals surface area contributed by atoms with Crippen molar-refractivity contribution in [3.63, 3.8) is 0 Å². The third-order valence-corrected chi connectivity index (χ3v) is 4.21. The zero-order valence-corrected chi connectivity index (χ0v) is 15.8. The molecule has 0 aliphatic heterocycles. The van der Waals surface area contributed by atoms with Gasteiger partial charge in [0.05, 0.1) is 0 Å². The van der Waals surface area contributed by atoms with Crippen LogP contribution < -0.4 is 10.1 Å². The van der Waals surface area contributed by atoms with Crippen LogP contribution in [0, 0.1) is 5.82 Å². The van der Waals surface area contributed by atoms with E-state index in [1.807, 2.05) is 18.2 Å². The molecule has 2 aromatic rings. The fraction of sp³-hybridized carbons (Fsp3) is 0.368. The number of hydrogen-bond acceptors (Lipinski definition) is 2. The first-order chi connectivity index (χ1) is 10.9. The van der Waals surface area contributed by atoms with Crippen LogP contribution in [0.3, 0.4) is 0 Å². The first-order valence-electron chi connectivity index (χ1n) is 7.80. The van der Waals surface area contributed by atoms with Gasteiger partial charge in [-0.15, -0.1) is 12.4 Å². The summed E-state index contributed by atoms with van der Waals surface area (Å²) in [6, 6.07) is 11.9. The summed E-state index contributed by atoms with van der Waals surface area (Å²) >= 11 is 6.11. The van der Waals surface area contributed by atoms with Crippen molar-refractivity contribution < 1.29 is 9.13 Å². The van der Waals surface area contributed by atoms with Gasteiger partial charge < -0.3 is 10.1 Å². The van der Waals surface area contributed by atoms with Gasteiger partial charge in [-0.2, -0.15) is 0 Å². The van der Waals surface area contributed by atoms with Gasteiger partial charge in [0.15, 0.2) is 0 Å². The van der Waals surface area contributed by atoms with Crippen LogP contribution in [0.1, 0.15) is 38.3 Å². The molecule has 0 aromatic heterocycles. The number of ether oxygens (including phenoxy) is 1. The lowest BCUT2D eigenvalue weighted by atomic mass is 10.0. The predicted octanol–water partition coefficient (Wildman–Crippen LogP) is 5.76. The van der Waals surface area contributed by atoms with Gasteiger partial charge in [-0.25, -0.2) is 4.39 Å². The molecular weight excluding hydrogens is 348 g/mol. The van der Waals surface area contributed by atoms with Crippen LogP contribution in [0.4, 0.5) is 4.39 Å². The monoisotopic (exact) mass is 371 g/mol. The van der Waals surface area contributed by atoms with E-state index in [0.717, 1.165) is 23.3 Å². The second-order valence-corrected chi connectivity index (χ2v) is 6.69. The minimum absolute atomic E-state index is 0. The second kappa shape index (κ2) is 9.26. The molecular formula is C19H24Cl2FNO. The van der Waals surface area contributed by atoms with Gasteiger partial charge in [-0.05, 0) is 56.2 Å². The lowest BCUT2D eigenvalue weighted by Crippen LogP contribution is -2.37. The standard InChI is InChI=1S/C19H23ClFNO.ClH/c1-4-19(2,3)22-12-15-11-16(20)7-10-18(15)23-13-14-5-8-17(21)9-6-14;/h5-11,22H,4,12-13H2,1-3H3;1H. The first-order valence-corrected chi connectivity index (χ1v) is 8.18. The molecule has 0 radical (unpaired) electrons. The Kier molecular flexibility index (Phi) is 8.01. The maximum Gasteiger partial charge on any atom is 0.124 e. The maximum absolute atomic E-state index is 12.9. The van der Waals surface area contributed by atoms with Crippen LogP contribution in [0.2, 0.25) is 5.02 Å². The summed E-state index contributed by atoms with van der Waals surface area (Å²) in [5, 5.41) is 4.20. The number of rotatable bonds is 7. The Balaban J connectivity index is 0.00000288. The highest BCUT2D eigenvalue weighted by atomic mass is 35.5. The zero-order chi connectivity index (χ0) is 16.9. The molecule has 0 bridgehead atoms. The summed E-state index contributed by atoms with van der Waals surface area (Å²) in [7, 11) is 0. The molecule has 0 aliphatic rings. The molecule has 2 aromatic carbocycles. The van der Waals surface area contributed by atoms with E-state index in [1.54, 1.807) is 12.1 Å². The molecule has 0 aliphatic carbocycles. The van der Waals surface area contributed by atoms with E-state index in [1.165, 1.54) is 12.1 Å². The van der Waals surface area contributed by atoms with Crippen molar-refractivity contribution in [1.29, 1.82) is 0 Å². The first kappa shape index (κ1) is 20.8. The summed E-state index contributed by atoms with van der Waals surface area (Å²) in [6.45, 7) is 7.55. The van der Waals surface area contributed by atoms with E-state index in [4.69, 9.17) is 16.3 Å². The van der Waals surface area contributed by atoms with E-state index in [-0.39, 0.29) is 23.8 Å². The molecule has 0 atom stereocenters. The van der Waals surface area contributed by atoms with Crippen LogP contribution in [0.15, 0.2) is 42.5 Å². The van der Waals surface area contributed by atoms with Gasteiger partial charge in [0.1, 0.15) is 18.2 Å². The molecule has 2 rings (SSSR count). The Morgan fingerprint density at radius 2 is 1.79 bits per heavy atom. The minimum Gasteiger partial charge on any atom is -0.489 e. The third kappa shape index (κ3) is 6.31. The number of hydrogen-bond donors (Lipinski definition) is 1. The highest BCUT2D eigenvalue weighted by Gasteiger charge is 2.15. The third-order valence-electron chi connectivity index (χ3n) is 3.97. The smallest absolute Gasteiger partial charge is 0.124 e. The van der Waals surface area contributed by atoms with Crippen molar-refractivity contribution in [2.75, 3.05) is 0 Å². The zero-order valence-electron chi connectivity index (χ0n) is 14.2. The molecule has 0 fully saturated rings. The highest BCUT2D eigenvalue weighted by molar-refractivity contribution is 6.30. The Hall–Kier alpha value is -1.29. The normalized spacial score (nSPS) is 11.0. The molecule has 5 heteroatoms. The Morgan fingerprint density at radius 1 is 1.12 bits per heavy atom. The van der Waals surface area contributed by atoms with Gasteiger partial charge in [-0.1, -0.05) is 30.7 Å². The molecule has 1 N–H and O–H groups in total. The fourth-order valence-electron chi connectivity index (χ4n) is 2.03. The molecule has 2 nitrogen and oxygen atoms in total. The second-order valence-electron chi connectivity index (χ2n) is 6.26. The maximum atomic E-state index is 12.9. The molecule has 132 valence electrons. The van der Waals surface area contributed by atoms with Crippen LogP contribution in [0.25, 0.3) is 0 Å². The minimum atomic E-state index is -0.244. The summed E-state index contributed by atoms with van der Waals surface area (Å²) in [6.07, 6.45) is 1.03. The SMILES string of the molecule is CCC(C)(C)NCc1cc(Cl)ccc1OCc1ccc(F)cc1.Cl. The van der Waals surface area contributed by atoms with Crippen molar-refractivity contribution in [1.82, 2.24) is 5.32 Å². The lowest BCUT2D eigenvalue weighted by Gasteiger charge is -2.25. The van der Waals surface area contributed by atoms with Crippen LogP contribution >= 0.6 is 24.0 Å². The summed E-state index contributed by atoms with van der Waals surface area (Å²) < 4.78 is 18.8. The van der Waals surface area contributed by atoms with E-state index in [9.17, 15) is 4.39 Å². The lowest BCUT2D eigenvalue weighted by molar-refractivity contribution is 0.298. The van der Waals surface area contributed by atoms with Gasteiger partial charge in [0.25, 0.3) is 0 Å². The fourth-order valence-corrected chi connectivity index (χ4v) is 2.22.